The lowest BCUT2D eigenvalue weighted by Crippen LogP contribution is -2.25. The maximum absolute atomic E-state index is 12.7. The first kappa shape index (κ1) is 22.8. The number of hydrogen-bond acceptors (Lipinski definition) is 5. The van der Waals surface area contributed by atoms with Gasteiger partial charge in [-0.3, -0.25) is 9.59 Å². The molecule has 2 aromatic carbocycles. The molecule has 0 aliphatic carbocycles. The number of anilines is 1. The van der Waals surface area contributed by atoms with Crippen LogP contribution in [0.5, 0.6) is 0 Å². The van der Waals surface area contributed by atoms with Crippen LogP contribution in [0.25, 0.3) is 11.5 Å². The van der Waals surface area contributed by atoms with E-state index < -0.39 is 0 Å². The zero-order chi connectivity index (χ0) is 23.4. The molecule has 0 fully saturated rings. The van der Waals surface area contributed by atoms with Gasteiger partial charge < -0.3 is 15.1 Å². The van der Waals surface area contributed by atoms with E-state index in [2.05, 4.69) is 15.6 Å². The van der Waals surface area contributed by atoms with E-state index in [1.54, 1.807) is 36.6 Å². The Labute approximate surface area is 200 Å². The topological polar surface area (TPSA) is 84.2 Å². The molecule has 6 nitrogen and oxygen atoms in total. The molecule has 8 heteroatoms. The van der Waals surface area contributed by atoms with Crippen LogP contribution in [0.15, 0.2) is 65.3 Å². The van der Waals surface area contributed by atoms with Gasteiger partial charge in [-0.1, -0.05) is 41.4 Å². The fraction of sp³-hybridized carbons (Fsp3) is 0.160. The van der Waals surface area contributed by atoms with Crippen LogP contribution in [0, 0.1) is 13.8 Å². The van der Waals surface area contributed by atoms with Crippen molar-refractivity contribution in [1.29, 1.82) is 0 Å². The SMILES string of the molecule is Cc1ccc(-c2nc(CCNC(=O)c3sc(NC(=O)c4ccccc4Cl)cc3C)co2)cc1. The van der Waals surface area contributed by atoms with Crippen LogP contribution in [0.4, 0.5) is 5.00 Å². The van der Waals surface area contributed by atoms with Crippen molar-refractivity contribution in [2.75, 3.05) is 11.9 Å². The summed E-state index contributed by atoms with van der Waals surface area (Å²) in [5.74, 6) is 0.0477. The van der Waals surface area contributed by atoms with Crippen molar-refractivity contribution < 1.29 is 14.0 Å². The summed E-state index contributed by atoms with van der Waals surface area (Å²) in [5.41, 5.74) is 4.02. The van der Waals surface area contributed by atoms with Crippen molar-refractivity contribution in [2.24, 2.45) is 0 Å². The molecular formula is C25H22ClN3O3S. The largest absolute Gasteiger partial charge is 0.444 e. The van der Waals surface area contributed by atoms with Crippen molar-refractivity contribution >= 4 is 39.8 Å². The van der Waals surface area contributed by atoms with Gasteiger partial charge in [-0.15, -0.1) is 11.3 Å². The van der Waals surface area contributed by atoms with Gasteiger partial charge in [0.2, 0.25) is 5.89 Å². The normalized spacial score (nSPS) is 10.8. The fourth-order valence-corrected chi connectivity index (χ4v) is 4.43. The zero-order valence-corrected chi connectivity index (χ0v) is 19.7. The van der Waals surface area contributed by atoms with Crippen LogP contribution in [-0.4, -0.2) is 23.3 Å². The molecule has 0 aliphatic rings. The van der Waals surface area contributed by atoms with Gasteiger partial charge in [0.25, 0.3) is 11.8 Å². The van der Waals surface area contributed by atoms with Crippen molar-refractivity contribution in [3.8, 4) is 11.5 Å². The second-order valence-electron chi connectivity index (χ2n) is 7.57. The second-order valence-corrected chi connectivity index (χ2v) is 9.03. The van der Waals surface area contributed by atoms with Crippen molar-refractivity contribution in [2.45, 2.75) is 20.3 Å². The lowest BCUT2D eigenvalue weighted by Gasteiger charge is -2.04. The van der Waals surface area contributed by atoms with Crippen LogP contribution in [-0.2, 0) is 6.42 Å². The monoisotopic (exact) mass is 479 g/mol. The summed E-state index contributed by atoms with van der Waals surface area (Å²) >= 11 is 7.31. The van der Waals surface area contributed by atoms with Gasteiger partial charge in [-0.2, -0.15) is 0 Å². The number of carbonyl (C=O) groups is 2. The third kappa shape index (κ3) is 5.50. The lowest BCUT2D eigenvalue weighted by molar-refractivity contribution is 0.0956. The Balaban J connectivity index is 1.33. The number of nitrogens with one attached hydrogen (secondary N) is 2. The predicted octanol–water partition coefficient (Wildman–Crippen LogP) is 5.90. The zero-order valence-electron chi connectivity index (χ0n) is 18.1. The molecule has 0 spiro atoms. The van der Waals surface area contributed by atoms with Gasteiger partial charge in [-0.05, 0) is 49.7 Å². The van der Waals surface area contributed by atoms with E-state index in [1.165, 1.54) is 16.9 Å². The Bertz CT molecular complexity index is 1290. The number of thiophene rings is 1. The lowest BCUT2D eigenvalue weighted by atomic mass is 10.1. The number of nitrogens with zero attached hydrogens (tertiary/aromatic N) is 1. The number of halogens is 1. The molecule has 2 amide bonds. The third-order valence-electron chi connectivity index (χ3n) is 5.00. The number of aromatic nitrogens is 1. The van der Waals surface area contributed by atoms with Crippen LogP contribution in [0.3, 0.4) is 0 Å². The summed E-state index contributed by atoms with van der Waals surface area (Å²) < 4.78 is 5.57. The number of rotatable bonds is 7. The quantitative estimate of drug-likeness (QED) is 0.345. The van der Waals surface area contributed by atoms with E-state index in [0.717, 1.165) is 16.8 Å². The van der Waals surface area contributed by atoms with E-state index in [1.807, 2.05) is 38.1 Å². The van der Waals surface area contributed by atoms with Gasteiger partial charge >= 0.3 is 0 Å². The molecule has 0 unspecified atom stereocenters. The minimum atomic E-state index is -0.316. The molecule has 168 valence electrons. The van der Waals surface area contributed by atoms with Gasteiger partial charge in [0.05, 0.1) is 26.2 Å². The number of benzene rings is 2. The summed E-state index contributed by atoms with van der Waals surface area (Å²) in [6, 6.07) is 16.6. The first-order chi connectivity index (χ1) is 15.9. The standard InChI is InChI=1S/C25H22ClN3O3S/c1-15-7-9-17(10-8-15)25-28-18(14-32-25)11-12-27-24(31)22-16(2)13-21(33-22)29-23(30)19-5-3-4-6-20(19)26/h3-10,13-14H,11-12H2,1-2H3,(H,27,31)(H,29,30). The molecule has 0 aliphatic heterocycles. The van der Waals surface area contributed by atoms with Crippen molar-refractivity contribution in [3.63, 3.8) is 0 Å². The summed E-state index contributed by atoms with van der Waals surface area (Å²) in [7, 11) is 0. The molecule has 2 aromatic heterocycles. The number of carbonyl (C=O) groups excluding carboxylic acids is 2. The maximum Gasteiger partial charge on any atom is 0.261 e. The molecule has 0 saturated heterocycles. The number of amides is 2. The Kier molecular flexibility index (Phi) is 6.91. The van der Waals surface area contributed by atoms with E-state index in [0.29, 0.717) is 39.3 Å². The first-order valence-corrected chi connectivity index (χ1v) is 11.6. The second kappa shape index (κ2) is 10.0. The molecule has 0 saturated carbocycles. The van der Waals surface area contributed by atoms with Gasteiger partial charge in [0, 0.05) is 18.5 Å². The highest BCUT2D eigenvalue weighted by molar-refractivity contribution is 7.18. The van der Waals surface area contributed by atoms with E-state index >= 15 is 0 Å². The number of oxazole rings is 1. The van der Waals surface area contributed by atoms with Gasteiger partial charge in [0.1, 0.15) is 6.26 Å². The minimum Gasteiger partial charge on any atom is -0.444 e. The molecule has 33 heavy (non-hydrogen) atoms. The fourth-order valence-electron chi connectivity index (χ4n) is 3.23. The summed E-state index contributed by atoms with van der Waals surface area (Å²) in [6.07, 6.45) is 2.15. The molecule has 2 N–H and O–H groups in total. The molecular weight excluding hydrogens is 458 g/mol. The van der Waals surface area contributed by atoms with Crippen LogP contribution in [0.1, 0.15) is 36.9 Å². The number of hydrogen-bond donors (Lipinski definition) is 2. The molecule has 4 aromatic rings. The Morgan fingerprint density at radius 1 is 1.06 bits per heavy atom. The summed E-state index contributed by atoms with van der Waals surface area (Å²) in [6.45, 7) is 4.28. The molecule has 0 bridgehead atoms. The molecule has 0 radical (unpaired) electrons. The van der Waals surface area contributed by atoms with Crippen LogP contribution < -0.4 is 10.6 Å². The maximum atomic E-state index is 12.7. The highest BCUT2D eigenvalue weighted by Gasteiger charge is 2.17. The predicted molar refractivity (Wildman–Crippen MR) is 131 cm³/mol. The minimum absolute atomic E-state index is 0.196. The van der Waals surface area contributed by atoms with Gasteiger partial charge in [-0.25, -0.2) is 4.98 Å². The highest BCUT2D eigenvalue weighted by atomic mass is 35.5. The Morgan fingerprint density at radius 3 is 2.58 bits per heavy atom. The summed E-state index contributed by atoms with van der Waals surface area (Å²) in [5, 5.41) is 6.68. The average molecular weight is 480 g/mol. The average Bonchev–Trinajstić information content (AvgIpc) is 3.41. The summed E-state index contributed by atoms with van der Waals surface area (Å²) in [4.78, 5) is 30.2. The van der Waals surface area contributed by atoms with Crippen LogP contribution >= 0.6 is 22.9 Å². The Hall–Kier alpha value is -3.42. The molecule has 2 heterocycles. The third-order valence-corrected chi connectivity index (χ3v) is 6.48. The smallest absolute Gasteiger partial charge is 0.261 e. The molecule has 0 atom stereocenters. The van der Waals surface area contributed by atoms with Crippen LogP contribution in [0.2, 0.25) is 5.02 Å². The molecule has 4 rings (SSSR count). The highest BCUT2D eigenvalue weighted by Crippen LogP contribution is 2.28. The van der Waals surface area contributed by atoms with E-state index in [4.69, 9.17) is 16.0 Å². The van der Waals surface area contributed by atoms with Crippen molar-refractivity contribution in [3.05, 3.63) is 93.1 Å². The Morgan fingerprint density at radius 2 is 1.82 bits per heavy atom. The number of aryl methyl sites for hydroxylation is 2. The van der Waals surface area contributed by atoms with Gasteiger partial charge in [0.15, 0.2) is 0 Å². The van der Waals surface area contributed by atoms with Crippen molar-refractivity contribution in [1.82, 2.24) is 10.3 Å². The van der Waals surface area contributed by atoms with E-state index in [-0.39, 0.29) is 11.8 Å². The van der Waals surface area contributed by atoms with E-state index in [9.17, 15) is 9.59 Å². The first-order valence-electron chi connectivity index (χ1n) is 10.4.